The number of nitrogens with one attached hydrogen (secondary N) is 3. The van der Waals surface area contributed by atoms with Gasteiger partial charge in [-0.25, -0.2) is 0 Å². The number of ether oxygens (including phenoxy) is 1. The predicted molar refractivity (Wildman–Crippen MR) is 150 cm³/mol. The average molecular weight is 504 g/mol. The van der Waals surface area contributed by atoms with Crippen molar-refractivity contribution in [2.75, 3.05) is 43.0 Å². The van der Waals surface area contributed by atoms with Gasteiger partial charge in [0.2, 0.25) is 0 Å². The minimum atomic E-state index is -0.250. The summed E-state index contributed by atoms with van der Waals surface area (Å²) >= 11 is 5.35. The Morgan fingerprint density at radius 3 is 2.33 bits per heavy atom. The Labute approximate surface area is 219 Å². The van der Waals surface area contributed by atoms with E-state index >= 15 is 0 Å². The first-order chi connectivity index (χ1) is 17.6. The van der Waals surface area contributed by atoms with E-state index in [0.29, 0.717) is 12.2 Å². The van der Waals surface area contributed by atoms with Gasteiger partial charge in [-0.3, -0.25) is 10.1 Å². The lowest BCUT2D eigenvalue weighted by Crippen LogP contribution is -3.13. The van der Waals surface area contributed by atoms with Crippen molar-refractivity contribution >= 4 is 34.6 Å². The molecule has 1 amide bonds. The van der Waals surface area contributed by atoms with Crippen LogP contribution >= 0.6 is 12.2 Å². The van der Waals surface area contributed by atoms with Crippen LogP contribution in [0.25, 0.3) is 0 Å². The standard InChI is InChI=1S/C29H34N4O2S/c1-2-3-21-35-27-15-9-24(10-16-27)28(34)31-29(36)30-25-11-13-26(14-12-25)33-19-17-32(18-20-33)22-23-7-5-4-6-8-23/h4-16H,2-3,17-22H2,1H3,(H2,30,31,34,36)/p+1. The molecule has 0 unspecified atom stereocenters. The number of quaternary nitrogens is 1. The van der Waals surface area contributed by atoms with Crippen molar-refractivity contribution < 1.29 is 14.4 Å². The van der Waals surface area contributed by atoms with Gasteiger partial charge in [0.1, 0.15) is 12.3 Å². The van der Waals surface area contributed by atoms with E-state index in [1.54, 1.807) is 17.0 Å². The van der Waals surface area contributed by atoms with Crippen molar-refractivity contribution in [1.29, 1.82) is 0 Å². The van der Waals surface area contributed by atoms with Gasteiger partial charge >= 0.3 is 0 Å². The summed E-state index contributed by atoms with van der Waals surface area (Å²) in [4.78, 5) is 16.6. The third-order valence-corrected chi connectivity index (χ3v) is 6.57. The number of piperazine rings is 1. The Morgan fingerprint density at radius 2 is 1.67 bits per heavy atom. The van der Waals surface area contributed by atoms with Gasteiger partial charge in [0.15, 0.2) is 5.11 Å². The van der Waals surface area contributed by atoms with E-state index in [2.05, 4.69) is 64.9 Å². The molecule has 4 rings (SSSR count). The molecule has 0 aromatic heterocycles. The third kappa shape index (κ3) is 7.54. The zero-order valence-corrected chi connectivity index (χ0v) is 21.7. The van der Waals surface area contributed by atoms with Gasteiger partial charge in [0, 0.05) is 22.5 Å². The fraction of sp³-hybridized carbons (Fsp3) is 0.310. The number of anilines is 2. The average Bonchev–Trinajstić information content (AvgIpc) is 2.91. The second kappa shape index (κ2) is 13.0. The van der Waals surface area contributed by atoms with Gasteiger partial charge < -0.3 is 19.9 Å². The molecule has 0 spiro atoms. The fourth-order valence-corrected chi connectivity index (χ4v) is 4.48. The zero-order chi connectivity index (χ0) is 25.2. The number of thiocarbonyl (C=S) groups is 1. The summed E-state index contributed by atoms with van der Waals surface area (Å²) < 4.78 is 5.65. The van der Waals surface area contributed by atoms with Crippen molar-refractivity contribution in [3.05, 3.63) is 90.0 Å². The molecule has 0 radical (unpaired) electrons. The number of carbonyl (C=O) groups excluding carboxylic acids is 1. The lowest BCUT2D eigenvalue weighted by molar-refractivity contribution is -0.914. The third-order valence-electron chi connectivity index (χ3n) is 6.37. The first kappa shape index (κ1) is 25.7. The maximum absolute atomic E-state index is 12.5. The summed E-state index contributed by atoms with van der Waals surface area (Å²) in [6.07, 6.45) is 2.09. The molecule has 0 aliphatic carbocycles. The molecule has 1 fully saturated rings. The van der Waals surface area contributed by atoms with Gasteiger partial charge in [0.05, 0.1) is 32.8 Å². The van der Waals surface area contributed by atoms with Crippen molar-refractivity contribution in [3.63, 3.8) is 0 Å². The van der Waals surface area contributed by atoms with Crippen LogP contribution < -0.4 is 25.2 Å². The molecule has 1 aliphatic heterocycles. The molecule has 0 saturated carbocycles. The number of hydrogen-bond acceptors (Lipinski definition) is 4. The van der Waals surface area contributed by atoms with Crippen LogP contribution in [0.4, 0.5) is 11.4 Å². The number of unbranched alkanes of at least 4 members (excludes halogenated alkanes) is 1. The van der Waals surface area contributed by atoms with Gasteiger partial charge in [-0.2, -0.15) is 0 Å². The Morgan fingerprint density at radius 1 is 0.972 bits per heavy atom. The van der Waals surface area contributed by atoms with Crippen LogP contribution in [0.15, 0.2) is 78.9 Å². The fourth-order valence-electron chi connectivity index (χ4n) is 4.27. The molecule has 0 atom stereocenters. The molecule has 3 aromatic rings. The van der Waals surface area contributed by atoms with Crippen LogP contribution in [-0.2, 0) is 6.54 Å². The summed E-state index contributed by atoms with van der Waals surface area (Å²) in [5.41, 5.74) is 3.98. The van der Waals surface area contributed by atoms with Crippen LogP contribution in [0.3, 0.4) is 0 Å². The number of amides is 1. The number of benzene rings is 3. The Bertz CT molecular complexity index is 1110. The second-order valence-corrected chi connectivity index (χ2v) is 9.49. The molecule has 1 heterocycles. The predicted octanol–water partition coefficient (Wildman–Crippen LogP) is 3.90. The maximum atomic E-state index is 12.5. The molecule has 188 valence electrons. The van der Waals surface area contributed by atoms with Gasteiger partial charge in [-0.05, 0) is 67.2 Å². The normalized spacial score (nSPS) is 13.8. The number of carbonyl (C=O) groups is 1. The van der Waals surface area contributed by atoms with E-state index in [9.17, 15) is 4.79 Å². The first-order valence-corrected chi connectivity index (χ1v) is 13.1. The van der Waals surface area contributed by atoms with Gasteiger partial charge in [-0.15, -0.1) is 0 Å². The zero-order valence-electron chi connectivity index (χ0n) is 20.8. The molecule has 1 saturated heterocycles. The number of rotatable bonds is 9. The Kier molecular flexibility index (Phi) is 9.30. The SMILES string of the molecule is CCCCOc1ccc(C(=O)NC(=S)Nc2ccc(N3CC[NH+](Cc4ccccc4)CC3)cc2)cc1. The van der Waals surface area contributed by atoms with E-state index < -0.39 is 0 Å². The van der Waals surface area contributed by atoms with E-state index in [1.807, 2.05) is 24.3 Å². The molecule has 1 aliphatic rings. The highest BCUT2D eigenvalue weighted by Gasteiger charge is 2.20. The van der Waals surface area contributed by atoms with Crippen LogP contribution in [0.5, 0.6) is 5.75 Å². The Hall–Kier alpha value is -3.42. The highest BCUT2D eigenvalue weighted by atomic mass is 32.1. The van der Waals surface area contributed by atoms with Crippen molar-refractivity contribution in [2.24, 2.45) is 0 Å². The Balaban J connectivity index is 1.22. The van der Waals surface area contributed by atoms with E-state index in [4.69, 9.17) is 17.0 Å². The molecule has 7 heteroatoms. The molecular formula is C29H35N4O2S+. The van der Waals surface area contributed by atoms with E-state index in [0.717, 1.165) is 57.0 Å². The van der Waals surface area contributed by atoms with E-state index in [-0.39, 0.29) is 11.0 Å². The molecular weight excluding hydrogens is 468 g/mol. The first-order valence-electron chi connectivity index (χ1n) is 12.7. The maximum Gasteiger partial charge on any atom is 0.257 e. The summed E-state index contributed by atoms with van der Waals surface area (Å²) in [5, 5.41) is 6.12. The topological polar surface area (TPSA) is 58.0 Å². The summed E-state index contributed by atoms with van der Waals surface area (Å²) in [5.74, 6) is 0.514. The van der Waals surface area contributed by atoms with E-state index in [1.165, 1.54) is 11.3 Å². The van der Waals surface area contributed by atoms with Crippen molar-refractivity contribution in [3.8, 4) is 5.75 Å². The molecule has 3 N–H and O–H groups in total. The minimum Gasteiger partial charge on any atom is -0.494 e. The monoisotopic (exact) mass is 503 g/mol. The van der Waals surface area contributed by atoms with Gasteiger partial charge in [-0.1, -0.05) is 43.7 Å². The van der Waals surface area contributed by atoms with Crippen molar-refractivity contribution in [2.45, 2.75) is 26.3 Å². The van der Waals surface area contributed by atoms with Crippen LogP contribution in [0, 0.1) is 0 Å². The van der Waals surface area contributed by atoms with Crippen LogP contribution in [-0.4, -0.2) is 43.8 Å². The largest absolute Gasteiger partial charge is 0.494 e. The summed E-state index contributed by atoms with van der Waals surface area (Å²) in [6.45, 7) is 8.20. The molecule has 36 heavy (non-hydrogen) atoms. The van der Waals surface area contributed by atoms with Crippen LogP contribution in [0.2, 0.25) is 0 Å². The quantitative estimate of drug-likeness (QED) is 0.306. The number of nitrogens with zero attached hydrogens (tertiary/aromatic N) is 1. The second-order valence-electron chi connectivity index (χ2n) is 9.08. The summed E-state index contributed by atoms with van der Waals surface area (Å²) in [6, 6.07) is 26.0. The smallest absolute Gasteiger partial charge is 0.257 e. The van der Waals surface area contributed by atoms with Crippen LogP contribution in [0.1, 0.15) is 35.7 Å². The summed E-state index contributed by atoms with van der Waals surface area (Å²) in [7, 11) is 0. The highest BCUT2D eigenvalue weighted by molar-refractivity contribution is 7.80. The van der Waals surface area contributed by atoms with Gasteiger partial charge in [0.25, 0.3) is 5.91 Å². The lowest BCUT2D eigenvalue weighted by Gasteiger charge is -2.33. The number of hydrogen-bond donors (Lipinski definition) is 3. The molecule has 0 bridgehead atoms. The molecule has 6 nitrogen and oxygen atoms in total. The van der Waals surface area contributed by atoms with Crippen molar-refractivity contribution in [1.82, 2.24) is 5.32 Å². The molecule has 3 aromatic carbocycles. The minimum absolute atomic E-state index is 0.250. The lowest BCUT2D eigenvalue weighted by atomic mass is 10.2. The highest BCUT2D eigenvalue weighted by Crippen LogP contribution is 2.18.